The lowest BCUT2D eigenvalue weighted by Crippen LogP contribution is -2.58. The maximum Gasteiger partial charge on any atom is 0.196 e. The number of hydrogen-bond acceptors (Lipinski definition) is 7. The summed E-state index contributed by atoms with van der Waals surface area (Å²) < 4.78 is 29.3. The molecule has 30 heavy (non-hydrogen) atoms. The van der Waals surface area contributed by atoms with Gasteiger partial charge in [-0.1, -0.05) is 13.8 Å². The zero-order valence-corrected chi connectivity index (χ0v) is 18.6. The molecule has 0 fully saturated rings. The Morgan fingerprint density at radius 3 is 2.40 bits per heavy atom. The molecule has 1 heterocycles. The van der Waals surface area contributed by atoms with Crippen LogP contribution in [0.4, 0.5) is 5.69 Å². The summed E-state index contributed by atoms with van der Waals surface area (Å²) in [6, 6.07) is 8.82. The van der Waals surface area contributed by atoms with Crippen molar-refractivity contribution in [3.8, 4) is 11.5 Å². The molecule has 0 saturated carbocycles. The van der Waals surface area contributed by atoms with E-state index >= 15 is 0 Å². The van der Waals surface area contributed by atoms with Crippen LogP contribution in [0.2, 0.25) is 0 Å². The van der Waals surface area contributed by atoms with Crippen LogP contribution in [0.3, 0.4) is 0 Å². The van der Waals surface area contributed by atoms with Gasteiger partial charge in [0.05, 0.1) is 16.0 Å². The smallest absolute Gasteiger partial charge is 0.196 e. The highest BCUT2D eigenvalue weighted by Crippen LogP contribution is 2.43. The SMILES string of the molecule is CC(C)CNC1Oc2ccc(C(=O)c3ccc(S(C)(=O)=O)cc3)c(O)c2NC1(C)C. The highest BCUT2D eigenvalue weighted by atomic mass is 32.2. The van der Waals surface area contributed by atoms with Gasteiger partial charge in [0.2, 0.25) is 0 Å². The summed E-state index contributed by atoms with van der Waals surface area (Å²) in [6.45, 7) is 8.89. The Kier molecular flexibility index (Phi) is 5.84. The van der Waals surface area contributed by atoms with E-state index in [1.165, 1.54) is 30.3 Å². The molecule has 0 spiro atoms. The Balaban J connectivity index is 1.90. The molecule has 0 aromatic heterocycles. The molecule has 0 saturated heterocycles. The van der Waals surface area contributed by atoms with Crippen molar-refractivity contribution in [1.82, 2.24) is 5.32 Å². The van der Waals surface area contributed by atoms with Crippen molar-refractivity contribution in [3.05, 3.63) is 47.5 Å². The Hall–Kier alpha value is -2.58. The van der Waals surface area contributed by atoms with Crippen molar-refractivity contribution < 1.29 is 23.1 Å². The molecule has 1 aliphatic heterocycles. The minimum Gasteiger partial charge on any atom is -0.505 e. The monoisotopic (exact) mass is 432 g/mol. The number of phenols is 1. The van der Waals surface area contributed by atoms with E-state index in [2.05, 4.69) is 24.5 Å². The van der Waals surface area contributed by atoms with Crippen molar-refractivity contribution in [2.24, 2.45) is 5.92 Å². The first-order chi connectivity index (χ1) is 13.9. The lowest BCUT2D eigenvalue weighted by Gasteiger charge is -2.42. The first-order valence-corrected chi connectivity index (χ1v) is 11.7. The lowest BCUT2D eigenvalue weighted by atomic mass is 9.96. The average molecular weight is 433 g/mol. The van der Waals surface area contributed by atoms with E-state index in [0.717, 1.165) is 12.8 Å². The number of carbonyl (C=O) groups is 1. The van der Waals surface area contributed by atoms with E-state index in [1.807, 2.05) is 13.8 Å². The summed E-state index contributed by atoms with van der Waals surface area (Å²) >= 11 is 0. The molecule has 0 radical (unpaired) electrons. The van der Waals surface area contributed by atoms with Gasteiger partial charge in [-0.2, -0.15) is 0 Å². The summed E-state index contributed by atoms with van der Waals surface area (Å²) in [5.41, 5.74) is 0.228. The van der Waals surface area contributed by atoms with Crippen LogP contribution in [-0.2, 0) is 9.84 Å². The van der Waals surface area contributed by atoms with E-state index in [4.69, 9.17) is 4.74 Å². The van der Waals surface area contributed by atoms with Gasteiger partial charge in [0, 0.05) is 18.4 Å². The highest BCUT2D eigenvalue weighted by Gasteiger charge is 2.38. The number of hydrogen-bond donors (Lipinski definition) is 3. The topological polar surface area (TPSA) is 105 Å². The third kappa shape index (κ3) is 4.44. The fourth-order valence-corrected chi connectivity index (χ4v) is 3.92. The molecule has 1 unspecified atom stereocenters. The standard InChI is InChI=1S/C22H28N2O5S/c1-13(2)12-23-21-22(3,4)24-18-17(29-21)11-10-16(20(18)26)19(25)14-6-8-15(9-7-14)30(5,27)28/h6-11,13,21,23-24,26H,12H2,1-5H3. The minimum atomic E-state index is -3.35. The van der Waals surface area contributed by atoms with Gasteiger partial charge in [-0.05, 0) is 56.2 Å². The predicted octanol–water partition coefficient (Wildman–Crippen LogP) is 3.18. The van der Waals surface area contributed by atoms with Crippen molar-refractivity contribution >= 4 is 21.3 Å². The molecule has 2 aromatic carbocycles. The molecule has 1 aliphatic rings. The van der Waals surface area contributed by atoms with Crippen molar-refractivity contribution in [1.29, 1.82) is 0 Å². The van der Waals surface area contributed by atoms with Gasteiger partial charge in [0.15, 0.2) is 27.6 Å². The number of fused-ring (bicyclic) bond motifs is 1. The number of benzene rings is 2. The van der Waals surface area contributed by atoms with Crippen LogP contribution in [0.25, 0.3) is 0 Å². The van der Waals surface area contributed by atoms with Gasteiger partial charge < -0.3 is 15.2 Å². The first kappa shape index (κ1) is 22.1. The van der Waals surface area contributed by atoms with Crippen LogP contribution >= 0.6 is 0 Å². The minimum absolute atomic E-state index is 0.112. The van der Waals surface area contributed by atoms with Gasteiger partial charge in [0.1, 0.15) is 11.4 Å². The van der Waals surface area contributed by atoms with E-state index < -0.39 is 21.2 Å². The fourth-order valence-electron chi connectivity index (χ4n) is 3.29. The lowest BCUT2D eigenvalue weighted by molar-refractivity contribution is 0.0915. The number of phenolic OH excluding ortho intramolecular Hbond substituents is 1. The summed E-state index contributed by atoms with van der Waals surface area (Å²) in [5, 5.41) is 17.5. The van der Waals surface area contributed by atoms with E-state index in [1.54, 1.807) is 6.07 Å². The Bertz CT molecular complexity index is 1060. The van der Waals surface area contributed by atoms with Crippen LogP contribution in [-0.4, -0.2) is 43.9 Å². The number of anilines is 1. The number of rotatable bonds is 6. The van der Waals surface area contributed by atoms with Gasteiger partial charge >= 0.3 is 0 Å². The largest absolute Gasteiger partial charge is 0.505 e. The maximum atomic E-state index is 12.9. The quantitative estimate of drug-likeness (QED) is 0.476. The molecule has 162 valence electrons. The summed E-state index contributed by atoms with van der Waals surface area (Å²) in [6.07, 6.45) is 0.799. The summed E-state index contributed by atoms with van der Waals surface area (Å²) in [7, 11) is -3.35. The average Bonchev–Trinajstić information content (AvgIpc) is 2.65. The van der Waals surface area contributed by atoms with E-state index in [0.29, 0.717) is 17.4 Å². The van der Waals surface area contributed by atoms with Crippen LogP contribution in [0.15, 0.2) is 41.3 Å². The molecule has 2 aromatic rings. The third-order valence-electron chi connectivity index (χ3n) is 4.99. The van der Waals surface area contributed by atoms with Crippen molar-refractivity contribution in [2.75, 3.05) is 18.1 Å². The molecule has 3 N–H and O–H groups in total. The van der Waals surface area contributed by atoms with Crippen LogP contribution in [0.5, 0.6) is 11.5 Å². The van der Waals surface area contributed by atoms with Crippen molar-refractivity contribution in [2.45, 2.75) is 44.4 Å². The molecular weight excluding hydrogens is 404 g/mol. The Labute approximate surface area is 177 Å². The molecule has 7 nitrogen and oxygen atoms in total. The van der Waals surface area contributed by atoms with E-state index in [-0.39, 0.29) is 28.0 Å². The number of carbonyl (C=O) groups excluding carboxylic acids is 1. The number of aromatic hydroxyl groups is 1. The second-order valence-electron chi connectivity index (χ2n) is 8.61. The summed E-state index contributed by atoms with van der Waals surface area (Å²) in [5.74, 6) is 0.306. The maximum absolute atomic E-state index is 12.9. The molecule has 0 bridgehead atoms. The Morgan fingerprint density at radius 2 is 1.83 bits per heavy atom. The summed E-state index contributed by atoms with van der Waals surface area (Å²) in [4.78, 5) is 13.1. The molecule has 8 heteroatoms. The fraction of sp³-hybridized carbons (Fsp3) is 0.409. The third-order valence-corrected chi connectivity index (χ3v) is 6.12. The predicted molar refractivity (Wildman–Crippen MR) is 116 cm³/mol. The number of ketones is 1. The normalized spacial score (nSPS) is 17.7. The van der Waals surface area contributed by atoms with Gasteiger partial charge in [-0.3, -0.25) is 10.1 Å². The Morgan fingerprint density at radius 1 is 1.20 bits per heavy atom. The number of ether oxygens (including phenoxy) is 1. The second kappa shape index (κ2) is 7.92. The second-order valence-corrected chi connectivity index (χ2v) is 10.6. The van der Waals surface area contributed by atoms with E-state index in [9.17, 15) is 18.3 Å². The first-order valence-electron chi connectivity index (χ1n) is 9.79. The van der Waals surface area contributed by atoms with Crippen LogP contribution < -0.4 is 15.4 Å². The zero-order chi connectivity index (χ0) is 22.3. The van der Waals surface area contributed by atoms with Gasteiger partial charge in [-0.25, -0.2) is 8.42 Å². The van der Waals surface area contributed by atoms with Crippen LogP contribution in [0.1, 0.15) is 43.6 Å². The molecule has 1 atom stereocenters. The molecule has 3 rings (SSSR count). The highest BCUT2D eigenvalue weighted by molar-refractivity contribution is 7.90. The van der Waals surface area contributed by atoms with Crippen LogP contribution in [0, 0.1) is 5.92 Å². The van der Waals surface area contributed by atoms with Gasteiger partial charge in [0.25, 0.3) is 0 Å². The molecular formula is C22H28N2O5S. The van der Waals surface area contributed by atoms with Gasteiger partial charge in [-0.15, -0.1) is 0 Å². The zero-order valence-electron chi connectivity index (χ0n) is 17.8. The molecule has 0 amide bonds. The van der Waals surface area contributed by atoms with Crippen molar-refractivity contribution in [3.63, 3.8) is 0 Å². The number of sulfone groups is 1. The molecule has 0 aliphatic carbocycles. The number of nitrogens with one attached hydrogen (secondary N) is 2.